The van der Waals surface area contributed by atoms with Crippen molar-refractivity contribution in [1.82, 2.24) is 10.2 Å². The number of rotatable bonds is 3. The van der Waals surface area contributed by atoms with Crippen molar-refractivity contribution in [3.8, 4) is 0 Å². The largest absolute Gasteiger partial charge is 0.363 e. The first-order chi connectivity index (χ1) is 9.08. The molecule has 0 aromatic heterocycles. The fourth-order valence-electron chi connectivity index (χ4n) is 1.93. The highest BCUT2D eigenvalue weighted by Gasteiger charge is 2.16. The predicted octanol–water partition coefficient (Wildman–Crippen LogP) is 3.65. The Balaban J connectivity index is 2.03. The highest BCUT2D eigenvalue weighted by Crippen LogP contribution is 2.19. The minimum atomic E-state index is 0.242. The van der Waals surface area contributed by atoms with Crippen LogP contribution in [0.25, 0.3) is 0 Å². The van der Waals surface area contributed by atoms with Gasteiger partial charge in [-0.25, -0.2) is 4.99 Å². The van der Waals surface area contributed by atoms with Gasteiger partial charge in [-0.3, -0.25) is 0 Å². The summed E-state index contributed by atoms with van der Waals surface area (Å²) in [6.45, 7) is 7.18. The van der Waals surface area contributed by atoms with Gasteiger partial charge in [0.05, 0.1) is 4.48 Å². The zero-order chi connectivity index (χ0) is 13.8. The van der Waals surface area contributed by atoms with Gasteiger partial charge in [-0.2, -0.15) is 0 Å². The van der Waals surface area contributed by atoms with E-state index in [0.717, 1.165) is 10.3 Å². The van der Waals surface area contributed by atoms with Crippen molar-refractivity contribution in [2.75, 3.05) is 6.67 Å². The van der Waals surface area contributed by atoms with E-state index in [1.165, 1.54) is 5.56 Å². The molecule has 1 atom stereocenters. The molecule has 0 amide bonds. The first-order valence-corrected chi connectivity index (χ1v) is 7.36. The van der Waals surface area contributed by atoms with E-state index < -0.39 is 0 Å². The van der Waals surface area contributed by atoms with Crippen LogP contribution in [0.3, 0.4) is 0 Å². The number of nitrogens with zero attached hydrogens (tertiary/aromatic N) is 2. The van der Waals surface area contributed by atoms with Gasteiger partial charge in [0, 0.05) is 18.3 Å². The average molecular weight is 322 g/mol. The van der Waals surface area contributed by atoms with Crippen LogP contribution in [0.4, 0.5) is 0 Å². The highest BCUT2D eigenvalue weighted by atomic mass is 79.9. The molecule has 102 valence electrons. The number of halogens is 1. The Morgan fingerprint density at radius 3 is 2.47 bits per heavy atom. The summed E-state index contributed by atoms with van der Waals surface area (Å²) in [4.78, 5) is 6.79. The number of hydrogen-bond donors (Lipinski definition) is 1. The van der Waals surface area contributed by atoms with Crippen LogP contribution in [0.5, 0.6) is 0 Å². The first kappa shape index (κ1) is 14.1. The van der Waals surface area contributed by atoms with E-state index >= 15 is 0 Å². The zero-order valence-electron chi connectivity index (χ0n) is 11.6. The maximum absolute atomic E-state index is 4.59. The summed E-state index contributed by atoms with van der Waals surface area (Å²) in [6, 6.07) is 11.1. The molecule has 0 aliphatic carbocycles. The molecule has 1 heterocycles. The normalized spacial score (nSPS) is 17.0. The third-order valence-corrected chi connectivity index (χ3v) is 3.79. The van der Waals surface area contributed by atoms with Gasteiger partial charge in [0.1, 0.15) is 12.5 Å². The van der Waals surface area contributed by atoms with E-state index in [1.807, 2.05) is 6.07 Å². The maximum atomic E-state index is 4.59. The van der Waals surface area contributed by atoms with Gasteiger partial charge >= 0.3 is 0 Å². The van der Waals surface area contributed by atoms with Crippen LogP contribution in [0.2, 0.25) is 0 Å². The molecule has 2 rings (SSSR count). The molecule has 1 aliphatic heterocycles. The van der Waals surface area contributed by atoms with Gasteiger partial charge in [-0.15, -0.1) is 0 Å². The summed E-state index contributed by atoms with van der Waals surface area (Å²) < 4.78 is 1.01. The number of hydrogen-bond acceptors (Lipinski definition) is 3. The lowest BCUT2D eigenvalue weighted by molar-refractivity contribution is 0.317. The molecule has 0 bridgehead atoms. The SMILES string of the molecule is CC(NC1=NCN(C(C)C)C=C1Br)c1ccccc1. The van der Waals surface area contributed by atoms with Gasteiger partial charge in [-0.05, 0) is 42.3 Å². The second-order valence-electron chi connectivity index (χ2n) is 5.01. The van der Waals surface area contributed by atoms with E-state index in [2.05, 4.69) is 82.4 Å². The fourth-order valence-corrected chi connectivity index (χ4v) is 2.44. The second-order valence-corrected chi connectivity index (χ2v) is 5.86. The molecule has 0 fully saturated rings. The monoisotopic (exact) mass is 321 g/mol. The van der Waals surface area contributed by atoms with Crippen molar-refractivity contribution >= 4 is 21.8 Å². The highest BCUT2D eigenvalue weighted by molar-refractivity contribution is 9.12. The Kier molecular flexibility index (Phi) is 4.64. The van der Waals surface area contributed by atoms with Crippen LogP contribution < -0.4 is 5.32 Å². The molecular weight excluding hydrogens is 302 g/mol. The molecule has 3 nitrogen and oxygen atoms in total. The average Bonchev–Trinajstić information content (AvgIpc) is 2.41. The second kappa shape index (κ2) is 6.24. The Morgan fingerprint density at radius 2 is 1.89 bits per heavy atom. The lowest BCUT2D eigenvalue weighted by Gasteiger charge is -2.28. The molecule has 1 unspecified atom stereocenters. The van der Waals surface area contributed by atoms with E-state index in [1.54, 1.807) is 0 Å². The molecule has 0 saturated heterocycles. The third-order valence-electron chi connectivity index (χ3n) is 3.21. The minimum absolute atomic E-state index is 0.242. The lowest BCUT2D eigenvalue weighted by Crippen LogP contribution is -2.35. The van der Waals surface area contributed by atoms with Gasteiger partial charge in [0.25, 0.3) is 0 Å². The Labute approximate surface area is 123 Å². The first-order valence-electron chi connectivity index (χ1n) is 6.57. The summed E-state index contributed by atoms with van der Waals surface area (Å²) in [5.74, 6) is 0.924. The van der Waals surface area contributed by atoms with Crippen molar-refractivity contribution in [2.45, 2.75) is 32.9 Å². The number of benzene rings is 1. The number of nitrogens with one attached hydrogen (secondary N) is 1. The van der Waals surface area contributed by atoms with Crippen molar-refractivity contribution in [3.63, 3.8) is 0 Å². The molecule has 0 saturated carbocycles. The van der Waals surface area contributed by atoms with Crippen LogP contribution in [0, 0.1) is 0 Å². The van der Waals surface area contributed by atoms with Gasteiger partial charge in [0.15, 0.2) is 0 Å². The fraction of sp³-hybridized carbons (Fsp3) is 0.400. The summed E-state index contributed by atoms with van der Waals surface area (Å²) in [5.41, 5.74) is 1.26. The quantitative estimate of drug-likeness (QED) is 0.920. The predicted molar refractivity (Wildman–Crippen MR) is 84.3 cm³/mol. The summed E-state index contributed by atoms with van der Waals surface area (Å²) >= 11 is 3.59. The molecular formula is C15H20BrN3. The molecule has 1 aliphatic rings. The van der Waals surface area contributed by atoms with Crippen LogP contribution >= 0.6 is 15.9 Å². The van der Waals surface area contributed by atoms with Gasteiger partial charge in [-0.1, -0.05) is 30.3 Å². The van der Waals surface area contributed by atoms with Gasteiger partial charge in [0.2, 0.25) is 0 Å². The smallest absolute Gasteiger partial charge is 0.139 e. The molecule has 4 heteroatoms. The Bertz CT molecular complexity index is 479. The number of aliphatic imine (C=N–C) groups is 1. The topological polar surface area (TPSA) is 27.6 Å². The lowest BCUT2D eigenvalue weighted by atomic mass is 10.1. The Morgan fingerprint density at radius 1 is 1.21 bits per heavy atom. The zero-order valence-corrected chi connectivity index (χ0v) is 13.2. The molecule has 1 aromatic carbocycles. The van der Waals surface area contributed by atoms with Crippen LogP contribution in [-0.2, 0) is 0 Å². The van der Waals surface area contributed by atoms with Gasteiger partial charge < -0.3 is 10.2 Å². The van der Waals surface area contributed by atoms with Crippen molar-refractivity contribution in [2.24, 2.45) is 4.99 Å². The van der Waals surface area contributed by atoms with E-state index in [9.17, 15) is 0 Å². The Hall–Kier alpha value is -1.29. The summed E-state index contributed by atoms with van der Waals surface area (Å²) in [5, 5.41) is 3.45. The third kappa shape index (κ3) is 3.60. The standard InChI is InChI=1S/C15H20BrN3/c1-11(2)19-9-14(16)15(17-10-19)18-12(3)13-7-5-4-6-8-13/h4-9,11-12H,10H2,1-3H3,(H,17,18). The molecule has 19 heavy (non-hydrogen) atoms. The van der Waals surface area contributed by atoms with Crippen LogP contribution in [-0.4, -0.2) is 23.4 Å². The van der Waals surface area contributed by atoms with Crippen molar-refractivity contribution in [3.05, 3.63) is 46.6 Å². The van der Waals surface area contributed by atoms with Crippen molar-refractivity contribution in [1.29, 1.82) is 0 Å². The van der Waals surface area contributed by atoms with E-state index in [0.29, 0.717) is 12.7 Å². The van der Waals surface area contributed by atoms with E-state index in [4.69, 9.17) is 0 Å². The van der Waals surface area contributed by atoms with Crippen LogP contribution in [0.15, 0.2) is 46.0 Å². The molecule has 1 N–H and O–H groups in total. The van der Waals surface area contributed by atoms with E-state index in [-0.39, 0.29) is 6.04 Å². The minimum Gasteiger partial charge on any atom is -0.363 e. The van der Waals surface area contributed by atoms with Crippen molar-refractivity contribution < 1.29 is 0 Å². The number of amidine groups is 1. The van der Waals surface area contributed by atoms with Crippen LogP contribution in [0.1, 0.15) is 32.4 Å². The maximum Gasteiger partial charge on any atom is 0.139 e. The summed E-state index contributed by atoms with van der Waals surface area (Å²) in [6.07, 6.45) is 2.11. The molecule has 0 radical (unpaired) electrons. The summed E-state index contributed by atoms with van der Waals surface area (Å²) in [7, 11) is 0. The molecule has 1 aromatic rings. The molecule has 0 spiro atoms.